The van der Waals surface area contributed by atoms with Crippen LogP contribution in [-0.2, 0) is 10.0 Å². The zero-order valence-corrected chi connectivity index (χ0v) is 21.1. The van der Waals surface area contributed by atoms with Crippen LogP contribution in [0.5, 0.6) is 11.5 Å². The van der Waals surface area contributed by atoms with Crippen molar-refractivity contribution in [3.63, 3.8) is 0 Å². The fraction of sp³-hybridized carbons (Fsp3) is 0.435. The second-order valence-electron chi connectivity index (χ2n) is 7.93. The molecule has 0 aromatic heterocycles. The average Bonchev–Trinajstić information content (AvgIpc) is 2.77. The van der Waals surface area contributed by atoms with Crippen molar-refractivity contribution in [1.29, 1.82) is 0 Å². The van der Waals surface area contributed by atoms with Crippen LogP contribution in [-0.4, -0.2) is 50.9 Å². The van der Waals surface area contributed by atoms with Gasteiger partial charge in [0, 0.05) is 25.7 Å². The normalized spacial score (nSPS) is 11.4. The molecule has 0 heterocycles. The number of amides is 1. The van der Waals surface area contributed by atoms with Crippen LogP contribution >= 0.6 is 0 Å². The van der Waals surface area contributed by atoms with Gasteiger partial charge in [-0.05, 0) is 49.9 Å². The van der Waals surface area contributed by atoms with Gasteiger partial charge < -0.3 is 14.8 Å². The maximum absolute atomic E-state index is 13.1. The molecule has 0 saturated carbocycles. The van der Waals surface area contributed by atoms with E-state index in [0.29, 0.717) is 37.2 Å². The number of carbonyl (C=O) groups excluding carboxylic acids is 1. The molecule has 0 bridgehead atoms. The second kappa shape index (κ2) is 11.3. The summed E-state index contributed by atoms with van der Waals surface area (Å²) in [5, 5.41) is 14.3. The maximum Gasteiger partial charge on any atom is 0.296 e. The molecule has 2 aromatic rings. The van der Waals surface area contributed by atoms with Crippen molar-refractivity contribution in [1.82, 2.24) is 4.31 Å². The van der Waals surface area contributed by atoms with Crippen LogP contribution < -0.4 is 14.8 Å². The molecule has 186 valence electrons. The SMILES string of the molecule is CCCOc1cc(NC(=O)c2cc(C)c(C)c(S(=O)(=O)N(C)C)c2)c([N+](=O)[O-])cc1OCCC. The Morgan fingerprint density at radius 2 is 1.59 bits per heavy atom. The standard InChI is InChI=1S/C23H31N3O7S/c1-7-9-32-20-13-18(19(26(28)29)14-21(20)33-10-8-2)24-23(27)17-11-15(3)16(4)22(12-17)34(30,31)25(5)6/h11-14H,7-10H2,1-6H3,(H,24,27). The summed E-state index contributed by atoms with van der Waals surface area (Å²) in [6, 6.07) is 5.39. The van der Waals surface area contributed by atoms with Crippen LogP contribution in [0, 0.1) is 24.0 Å². The Hall–Kier alpha value is -3.18. The highest BCUT2D eigenvalue weighted by Crippen LogP contribution is 2.38. The van der Waals surface area contributed by atoms with Crippen LogP contribution in [0.1, 0.15) is 48.2 Å². The van der Waals surface area contributed by atoms with Crippen molar-refractivity contribution in [3.05, 3.63) is 51.1 Å². The van der Waals surface area contributed by atoms with E-state index in [1.54, 1.807) is 19.9 Å². The van der Waals surface area contributed by atoms with Crippen molar-refractivity contribution < 1.29 is 27.6 Å². The largest absolute Gasteiger partial charge is 0.490 e. The van der Waals surface area contributed by atoms with Gasteiger partial charge in [0.05, 0.1) is 29.1 Å². The highest BCUT2D eigenvalue weighted by molar-refractivity contribution is 7.89. The van der Waals surface area contributed by atoms with E-state index in [1.807, 2.05) is 13.8 Å². The van der Waals surface area contributed by atoms with Gasteiger partial charge in [-0.3, -0.25) is 14.9 Å². The van der Waals surface area contributed by atoms with Crippen molar-refractivity contribution in [3.8, 4) is 11.5 Å². The Labute approximate surface area is 200 Å². The number of carbonyl (C=O) groups is 1. The molecule has 11 heteroatoms. The van der Waals surface area contributed by atoms with Gasteiger partial charge in [0.2, 0.25) is 10.0 Å². The molecule has 0 fully saturated rings. The first-order valence-electron chi connectivity index (χ1n) is 10.9. The van der Waals surface area contributed by atoms with Gasteiger partial charge in [-0.25, -0.2) is 12.7 Å². The van der Waals surface area contributed by atoms with E-state index in [9.17, 15) is 23.3 Å². The molecule has 1 amide bonds. The van der Waals surface area contributed by atoms with Crippen LogP contribution in [0.2, 0.25) is 0 Å². The first-order chi connectivity index (χ1) is 15.9. The summed E-state index contributed by atoms with van der Waals surface area (Å²) in [6.45, 7) is 7.88. The van der Waals surface area contributed by atoms with Gasteiger partial charge in [0.1, 0.15) is 5.69 Å². The third kappa shape index (κ3) is 6.03. The summed E-state index contributed by atoms with van der Waals surface area (Å²) in [5.41, 5.74) is 0.718. The van der Waals surface area contributed by atoms with E-state index in [-0.39, 0.29) is 33.3 Å². The number of rotatable bonds is 11. The van der Waals surface area contributed by atoms with E-state index >= 15 is 0 Å². The molecule has 34 heavy (non-hydrogen) atoms. The Balaban J connectivity index is 2.54. The Morgan fingerprint density at radius 1 is 1.03 bits per heavy atom. The summed E-state index contributed by atoms with van der Waals surface area (Å²) in [7, 11) is -0.998. The number of ether oxygens (including phenoxy) is 2. The number of nitrogens with zero attached hydrogens (tertiary/aromatic N) is 2. The number of hydrogen-bond donors (Lipinski definition) is 1. The minimum Gasteiger partial charge on any atom is -0.490 e. The molecule has 0 radical (unpaired) electrons. The predicted molar refractivity (Wildman–Crippen MR) is 129 cm³/mol. The fourth-order valence-corrected chi connectivity index (χ4v) is 4.28. The van der Waals surface area contributed by atoms with Gasteiger partial charge in [-0.1, -0.05) is 13.8 Å². The van der Waals surface area contributed by atoms with Gasteiger partial charge in [0.25, 0.3) is 11.6 Å². The molecule has 10 nitrogen and oxygen atoms in total. The first-order valence-corrected chi connectivity index (χ1v) is 12.3. The van der Waals surface area contributed by atoms with Gasteiger partial charge >= 0.3 is 0 Å². The number of hydrogen-bond acceptors (Lipinski definition) is 7. The summed E-state index contributed by atoms with van der Waals surface area (Å²) >= 11 is 0. The Bertz CT molecular complexity index is 1180. The lowest BCUT2D eigenvalue weighted by atomic mass is 10.1. The quantitative estimate of drug-likeness (QED) is 0.365. The van der Waals surface area contributed by atoms with E-state index in [2.05, 4.69) is 5.32 Å². The minimum atomic E-state index is -3.80. The molecule has 2 rings (SSSR count). The van der Waals surface area contributed by atoms with Crippen LogP contribution in [0.4, 0.5) is 11.4 Å². The van der Waals surface area contributed by atoms with Gasteiger partial charge in [-0.15, -0.1) is 0 Å². The predicted octanol–water partition coefficient (Wildman–Crippen LogP) is 4.29. The first kappa shape index (κ1) is 27.1. The average molecular weight is 494 g/mol. The summed E-state index contributed by atoms with van der Waals surface area (Å²) < 4.78 is 37.8. The van der Waals surface area contributed by atoms with E-state index < -0.39 is 20.9 Å². The third-order valence-corrected chi connectivity index (χ3v) is 7.01. The molecule has 0 aliphatic heterocycles. The monoisotopic (exact) mass is 493 g/mol. The molecule has 0 atom stereocenters. The highest BCUT2D eigenvalue weighted by atomic mass is 32.2. The van der Waals surface area contributed by atoms with Gasteiger partial charge in [0.15, 0.2) is 11.5 Å². The smallest absolute Gasteiger partial charge is 0.296 e. The summed E-state index contributed by atoms with van der Waals surface area (Å²) in [4.78, 5) is 24.2. The van der Waals surface area contributed by atoms with E-state index in [4.69, 9.17) is 9.47 Å². The lowest BCUT2D eigenvalue weighted by Crippen LogP contribution is -2.24. The highest BCUT2D eigenvalue weighted by Gasteiger charge is 2.25. The number of anilines is 1. The Kier molecular flexibility index (Phi) is 9.00. The van der Waals surface area contributed by atoms with E-state index in [0.717, 1.165) is 4.31 Å². The fourth-order valence-electron chi connectivity index (χ4n) is 3.07. The summed E-state index contributed by atoms with van der Waals surface area (Å²) in [6.07, 6.45) is 1.40. The van der Waals surface area contributed by atoms with Gasteiger partial charge in [-0.2, -0.15) is 0 Å². The molecule has 0 aliphatic carbocycles. The number of benzene rings is 2. The van der Waals surface area contributed by atoms with Crippen molar-refractivity contribution in [2.24, 2.45) is 0 Å². The number of aryl methyl sites for hydroxylation is 1. The van der Waals surface area contributed by atoms with Crippen LogP contribution in [0.3, 0.4) is 0 Å². The molecular formula is C23H31N3O7S. The number of nitro benzene ring substituents is 1. The third-order valence-electron chi connectivity index (χ3n) is 5.07. The molecule has 0 unspecified atom stereocenters. The van der Waals surface area contributed by atoms with E-state index in [1.165, 1.54) is 32.3 Å². The molecular weight excluding hydrogens is 462 g/mol. The summed E-state index contributed by atoms with van der Waals surface area (Å²) in [5.74, 6) is -0.206. The molecule has 0 spiro atoms. The lowest BCUT2D eigenvalue weighted by Gasteiger charge is -2.17. The second-order valence-corrected chi connectivity index (χ2v) is 10.0. The molecule has 0 saturated heterocycles. The van der Waals surface area contributed by atoms with Crippen molar-refractivity contribution >= 4 is 27.3 Å². The lowest BCUT2D eigenvalue weighted by molar-refractivity contribution is -0.384. The van der Waals surface area contributed by atoms with Crippen LogP contribution in [0.15, 0.2) is 29.2 Å². The molecule has 0 aliphatic rings. The minimum absolute atomic E-state index is 0.00701. The molecule has 1 N–H and O–H groups in total. The topological polar surface area (TPSA) is 128 Å². The number of nitro groups is 1. The maximum atomic E-state index is 13.1. The number of nitrogens with one attached hydrogen (secondary N) is 1. The zero-order chi connectivity index (χ0) is 25.6. The van der Waals surface area contributed by atoms with Crippen molar-refractivity contribution in [2.75, 3.05) is 32.6 Å². The van der Waals surface area contributed by atoms with Crippen LogP contribution in [0.25, 0.3) is 0 Å². The number of sulfonamides is 1. The Morgan fingerprint density at radius 3 is 2.09 bits per heavy atom. The van der Waals surface area contributed by atoms with Crippen molar-refractivity contribution in [2.45, 2.75) is 45.4 Å². The molecule has 2 aromatic carbocycles. The zero-order valence-electron chi connectivity index (χ0n) is 20.3.